The fourth-order valence-electron chi connectivity index (χ4n) is 4.54. The fraction of sp³-hybridized carbons (Fsp3) is 0.400. The third-order valence-corrected chi connectivity index (χ3v) is 6.81. The van der Waals surface area contributed by atoms with Crippen LogP contribution in [-0.4, -0.2) is 47.2 Å². The Kier molecular flexibility index (Phi) is 7.02. The molecule has 0 unspecified atom stereocenters. The molecule has 2 aromatic rings. The van der Waals surface area contributed by atoms with Crippen molar-refractivity contribution in [1.82, 2.24) is 15.2 Å². The summed E-state index contributed by atoms with van der Waals surface area (Å²) in [6.07, 6.45) is 6.29. The van der Waals surface area contributed by atoms with E-state index in [1.165, 1.54) is 0 Å². The first-order valence-corrected chi connectivity index (χ1v) is 12.2. The van der Waals surface area contributed by atoms with E-state index in [0.29, 0.717) is 30.6 Å². The van der Waals surface area contributed by atoms with E-state index < -0.39 is 0 Å². The Labute approximate surface area is 202 Å². The number of nitrogens with one attached hydrogen (secondary N) is 3. The number of carbonyl (C=O) groups excluding carboxylic acids is 3. The van der Waals surface area contributed by atoms with Crippen molar-refractivity contribution in [2.75, 3.05) is 25.0 Å². The number of amides is 3. The number of hydrogen-bond donors (Lipinski definition) is 3. The molecule has 33 heavy (non-hydrogen) atoms. The number of halogens is 1. The van der Waals surface area contributed by atoms with Crippen LogP contribution in [0.4, 0.5) is 5.69 Å². The summed E-state index contributed by atoms with van der Waals surface area (Å²) >= 11 is 3.46. The van der Waals surface area contributed by atoms with Gasteiger partial charge >= 0.3 is 0 Å². The summed E-state index contributed by atoms with van der Waals surface area (Å²) in [6.45, 7) is 5.74. The lowest BCUT2D eigenvalue weighted by Crippen LogP contribution is -2.34. The molecule has 1 fully saturated rings. The quantitative estimate of drug-likeness (QED) is 0.395. The Morgan fingerprint density at radius 1 is 1.21 bits per heavy atom. The van der Waals surface area contributed by atoms with Gasteiger partial charge in [-0.25, -0.2) is 0 Å². The van der Waals surface area contributed by atoms with Crippen molar-refractivity contribution >= 4 is 51.0 Å². The summed E-state index contributed by atoms with van der Waals surface area (Å²) in [4.78, 5) is 42.7. The maximum absolute atomic E-state index is 12.9. The van der Waals surface area contributed by atoms with Crippen molar-refractivity contribution in [2.24, 2.45) is 0 Å². The van der Waals surface area contributed by atoms with Gasteiger partial charge in [0, 0.05) is 53.2 Å². The zero-order valence-electron chi connectivity index (χ0n) is 19.0. The van der Waals surface area contributed by atoms with Crippen LogP contribution in [0.15, 0.2) is 22.7 Å². The predicted molar refractivity (Wildman–Crippen MR) is 133 cm³/mol. The lowest BCUT2D eigenvalue weighted by molar-refractivity contribution is -0.130. The van der Waals surface area contributed by atoms with Crippen molar-refractivity contribution in [3.05, 3.63) is 50.8 Å². The fourth-order valence-corrected chi connectivity index (χ4v) is 4.90. The molecular weight excluding hydrogens is 484 g/mol. The summed E-state index contributed by atoms with van der Waals surface area (Å²) in [5, 5.41) is 5.86. The minimum Gasteiger partial charge on any atom is -0.358 e. The molecule has 2 aliphatic heterocycles. The Hall–Kier alpha value is -2.87. The Morgan fingerprint density at radius 3 is 2.85 bits per heavy atom. The van der Waals surface area contributed by atoms with Crippen LogP contribution in [0.5, 0.6) is 0 Å². The van der Waals surface area contributed by atoms with Crippen molar-refractivity contribution in [1.29, 1.82) is 0 Å². The van der Waals surface area contributed by atoms with E-state index in [2.05, 4.69) is 31.5 Å². The van der Waals surface area contributed by atoms with E-state index >= 15 is 0 Å². The number of aromatic amines is 1. The van der Waals surface area contributed by atoms with E-state index in [1.807, 2.05) is 36.9 Å². The van der Waals surface area contributed by atoms with Crippen LogP contribution in [-0.2, 0) is 9.59 Å². The van der Waals surface area contributed by atoms with E-state index in [4.69, 9.17) is 0 Å². The van der Waals surface area contributed by atoms with Crippen LogP contribution in [0, 0.1) is 13.8 Å². The highest BCUT2D eigenvalue weighted by atomic mass is 79.9. The van der Waals surface area contributed by atoms with Crippen LogP contribution in [0.3, 0.4) is 0 Å². The van der Waals surface area contributed by atoms with Gasteiger partial charge in [0.2, 0.25) is 5.91 Å². The molecule has 8 heteroatoms. The third-order valence-electron chi connectivity index (χ3n) is 6.32. The first-order chi connectivity index (χ1) is 15.8. The molecule has 0 spiro atoms. The summed E-state index contributed by atoms with van der Waals surface area (Å²) in [7, 11) is 0. The topological polar surface area (TPSA) is 94.3 Å². The lowest BCUT2D eigenvalue weighted by Gasteiger charge is -2.20. The lowest BCUT2D eigenvalue weighted by atomic mass is 10.0. The van der Waals surface area contributed by atoms with E-state index in [9.17, 15) is 14.4 Å². The molecule has 1 aromatic heterocycles. The highest BCUT2D eigenvalue weighted by Gasteiger charge is 2.26. The average Bonchev–Trinajstić information content (AvgIpc) is 3.13. The molecule has 0 radical (unpaired) electrons. The molecule has 4 rings (SSSR count). The van der Waals surface area contributed by atoms with Crippen molar-refractivity contribution in [3.8, 4) is 0 Å². The van der Waals surface area contributed by atoms with Crippen molar-refractivity contribution < 1.29 is 14.4 Å². The Bertz CT molecular complexity index is 1130. The molecule has 2 aliphatic rings. The second-order valence-electron chi connectivity index (χ2n) is 8.67. The SMILES string of the molecule is Cc1[nH]c(/C=C2\C(=O)Nc3ccc(Br)cc32)c(C)c1C(=O)NCCCN1CCCCCC1=O. The van der Waals surface area contributed by atoms with E-state index in [0.717, 1.165) is 64.9 Å². The monoisotopic (exact) mass is 512 g/mol. The molecule has 1 saturated heterocycles. The van der Waals surface area contributed by atoms with Gasteiger partial charge < -0.3 is 20.5 Å². The van der Waals surface area contributed by atoms with Gasteiger partial charge in [0.05, 0.1) is 11.1 Å². The predicted octanol–water partition coefficient (Wildman–Crippen LogP) is 4.41. The van der Waals surface area contributed by atoms with Gasteiger partial charge in [-0.3, -0.25) is 14.4 Å². The number of benzene rings is 1. The molecule has 3 amide bonds. The maximum atomic E-state index is 12.9. The highest BCUT2D eigenvalue weighted by Crippen LogP contribution is 2.35. The minimum atomic E-state index is -0.163. The summed E-state index contributed by atoms with van der Waals surface area (Å²) in [5.74, 6) is -0.0886. The molecule has 3 N–H and O–H groups in total. The molecule has 0 atom stereocenters. The largest absolute Gasteiger partial charge is 0.358 e. The zero-order chi connectivity index (χ0) is 23.5. The van der Waals surface area contributed by atoms with E-state index in [-0.39, 0.29) is 17.7 Å². The number of aromatic nitrogens is 1. The number of carbonyl (C=O) groups is 3. The van der Waals surface area contributed by atoms with Gasteiger partial charge in [-0.05, 0) is 62.9 Å². The van der Waals surface area contributed by atoms with Crippen molar-refractivity contribution in [2.45, 2.75) is 46.0 Å². The molecule has 3 heterocycles. The maximum Gasteiger partial charge on any atom is 0.256 e. The summed E-state index contributed by atoms with van der Waals surface area (Å²) in [6, 6.07) is 5.66. The number of nitrogens with zero attached hydrogens (tertiary/aromatic N) is 1. The van der Waals surface area contributed by atoms with Crippen LogP contribution in [0.1, 0.15) is 65.0 Å². The average molecular weight is 513 g/mol. The number of aryl methyl sites for hydroxylation is 1. The molecule has 1 aromatic carbocycles. The molecule has 0 aliphatic carbocycles. The Morgan fingerprint density at radius 2 is 2.03 bits per heavy atom. The van der Waals surface area contributed by atoms with Gasteiger partial charge in [-0.15, -0.1) is 0 Å². The van der Waals surface area contributed by atoms with Crippen LogP contribution in [0.2, 0.25) is 0 Å². The highest BCUT2D eigenvalue weighted by molar-refractivity contribution is 9.10. The van der Waals surface area contributed by atoms with Gasteiger partial charge in [0.25, 0.3) is 11.8 Å². The van der Waals surface area contributed by atoms with Crippen LogP contribution < -0.4 is 10.6 Å². The molecule has 0 saturated carbocycles. The first-order valence-electron chi connectivity index (χ1n) is 11.4. The second-order valence-corrected chi connectivity index (χ2v) is 9.58. The van der Waals surface area contributed by atoms with E-state index in [1.54, 1.807) is 6.08 Å². The van der Waals surface area contributed by atoms with Gasteiger partial charge in [-0.2, -0.15) is 0 Å². The normalized spacial score (nSPS) is 17.2. The number of fused-ring (bicyclic) bond motifs is 1. The van der Waals surface area contributed by atoms with Gasteiger partial charge in [-0.1, -0.05) is 22.4 Å². The van der Waals surface area contributed by atoms with Gasteiger partial charge in [0.15, 0.2) is 0 Å². The van der Waals surface area contributed by atoms with Crippen LogP contribution in [0.25, 0.3) is 11.6 Å². The second kappa shape index (κ2) is 9.95. The number of H-pyrrole nitrogens is 1. The molecule has 0 bridgehead atoms. The third kappa shape index (κ3) is 5.05. The number of rotatable bonds is 6. The number of hydrogen-bond acceptors (Lipinski definition) is 3. The molecule has 174 valence electrons. The van der Waals surface area contributed by atoms with Crippen molar-refractivity contribution in [3.63, 3.8) is 0 Å². The number of anilines is 1. The smallest absolute Gasteiger partial charge is 0.256 e. The summed E-state index contributed by atoms with van der Waals surface area (Å²) < 4.78 is 0.894. The first kappa shape index (κ1) is 23.3. The zero-order valence-corrected chi connectivity index (χ0v) is 20.6. The Balaban J connectivity index is 1.43. The summed E-state index contributed by atoms with van der Waals surface area (Å²) in [5.41, 5.74) is 5.06. The van der Waals surface area contributed by atoms with Gasteiger partial charge in [0.1, 0.15) is 0 Å². The molecular formula is C25H29BrN4O3. The van der Waals surface area contributed by atoms with Crippen LogP contribution >= 0.6 is 15.9 Å². The number of likely N-dealkylation sites (tertiary alicyclic amines) is 1. The molecule has 7 nitrogen and oxygen atoms in total. The minimum absolute atomic E-state index is 0.146. The standard InChI is InChI=1S/C25H29BrN4O3/c1-15-21(14-19-18-13-17(26)8-9-20(18)29-24(19)32)28-16(2)23(15)25(33)27-10-6-12-30-11-5-3-4-7-22(30)31/h8-9,13-14,28H,3-7,10-12H2,1-2H3,(H,27,33)(H,29,32)/b19-14-.